The fourth-order valence-corrected chi connectivity index (χ4v) is 4.70. The third-order valence-corrected chi connectivity index (χ3v) is 6.63. The third kappa shape index (κ3) is 4.04. The standard InChI is InChI=1S/C23H23N7O3S/c1-29-12-8-23(32,20(29)31)16-6-3-5-15(13-16)19-26-18(14-34-19)17-7-10-24-21(27-17)28-30-11-4-9-25-22(30)33-2/h3-7,9-11,13-14,22,32H,8,12H2,1-2H3,(H,24,27,28)/t22?,23-/m1/s1. The molecule has 0 saturated carbocycles. The summed E-state index contributed by atoms with van der Waals surface area (Å²) < 4.78 is 5.32. The normalized spacial score (nSPS) is 22.0. The Labute approximate surface area is 200 Å². The Balaban J connectivity index is 1.38. The van der Waals surface area contributed by atoms with Crippen LogP contribution < -0.4 is 5.43 Å². The average molecular weight is 478 g/mol. The SMILES string of the molecule is COC1N=CC=CN1Nc1nccc(-c2csc(-c3cccc([C@]4(O)CCN(C)C4=O)c3)n2)n1. The first kappa shape index (κ1) is 22.1. The van der Waals surface area contributed by atoms with Crippen LogP contribution in [0.4, 0.5) is 5.95 Å². The smallest absolute Gasteiger partial charge is 0.258 e. The van der Waals surface area contributed by atoms with Gasteiger partial charge in [-0.25, -0.2) is 25.0 Å². The molecule has 1 amide bonds. The highest BCUT2D eigenvalue weighted by Crippen LogP contribution is 2.36. The lowest BCUT2D eigenvalue weighted by Gasteiger charge is -2.27. The number of amides is 1. The van der Waals surface area contributed by atoms with Gasteiger partial charge < -0.3 is 14.7 Å². The summed E-state index contributed by atoms with van der Waals surface area (Å²) in [6.07, 6.45) is 6.73. The minimum Gasteiger partial charge on any atom is -0.375 e. The summed E-state index contributed by atoms with van der Waals surface area (Å²) in [6.45, 7) is 0.524. The van der Waals surface area contributed by atoms with Crippen molar-refractivity contribution in [3.05, 3.63) is 59.7 Å². The molecule has 3 aromatic rings. The van der Waals surface area contributed by atoms with Crippen molar-refractivity contribution in [1.82, 2.24) is 24.9 Å². The number of nitrogens with zero attached hydrogens (tertiary/aromatic N) is 6. The lowest BCUT2D eigenvalue weighted by Crippen LogP contribution is -2.37. The summed E-state index contributed by atoms with van der Waals surface area (Å²) in [4.78, 5) is 31.9. The van der Waals surface area contributed by atoms with Crippen molar-refractivity contribution in [2.24, 2.45) is 4.99 Å². The van der Waals surface area contributed by atoms with Gasteiger partial charge in [-0.3, -0.25) is 10.2 Å². The number of ether oxygens (including phenoxy) is 1. The number of nitrogens with one attached hydrogen (secondary N) is 1. The molecule has 0 bridgehead atoms. The molecule has 2 aliphatic heterocycles. The predicted octanol–water partition coefficient (Wildman–Crippen LogP) is 2.47. The van der Waals surface area contributed by atoms with Crippen LogP contribution in [0, 0.1) is 0 Å². The number of hydrogen-bond acceptors (Lipinski definition) is 10. The highest BCUT2D eigenvalue weighted by Gasteiger charge is 2.45. The number of rotatable bonds is 6. The number of aromatic nitrogens is 3. The fraction of sp³-hybridized carbons (Fsp3) is 0.261. The van der Waals surface area contributed by atoms with Crippen LogP contribution in [0.2, 0.25) is 0 Å². The third-order valence-electron chi connectivity index (χ3n) is 5.74. The molecular weight excluding hydrogens is 454 g/mol. The molecular formula is C23H23N7O3S. The van der Waals surface area contributed by atoms with E-state index in [1.54, 1.807) is 60.9 Å². The Kier molecular flexibility index (Phi) is 5.82. The molecule has 2 N–H and O–H groups in total. The van der Waals surface area contributed by atoms with Gasteiger partial charge in [-0.2, -0.15) is 0 Å². The molecule has 0 radical (unpaired) electrons. The zero-order valence-corrected chi connectivity index (χ0v) is 19.4. The van der Waals surface area contributed by atoms with Gasteiger partial charge in [0, 0.05) is 56.7 Å². The van der Waals surface area contributed by atoms with E-state index >= 15 is 0 Å². The number of thiazole rings is 1. The average Bonchev–Trinajstić information content (AvgIpc) is 3.47. The van der Waals surface area contributed by atoms with E-state index in [2.05, 4.69) is 20.4 Å². The lowest BCUT2D eigenvalue weighted by atomic mass is 9.91. The maximum atomic E-state index is 12.5. The van der Waals surface area contributed by atoms with Gasteiger partial charge in [0.15, 0.2) is 5.60 Å². The number of likely N-dealkylation sites (N-methyl/N-ethyl adjacent to an activating group) is 1. The van der Waals surface area contributed by atoms with Gasteiger partial charge >= 0.3 is 0 Å². The van der Waals surface area contributed by atoms with Gasteiger partial charge in [-0.15, -0.1) is 11.3 Å². The van der Waals surface area contributed by atoms with Crippen LogP contribution in [0.15, 0.2) is 59.2 Å². The molecule has 1 saturated heterocycles. The van der Waals surface area contributed by atoms with E-state index in [1.165, 1.54) is 11.3 Å². The first-order chi connectivity index (χ1) is 16.5. The zero-order chi connectivity index (χ0) is 23.7. The van der Waals surface area contributed by atoms with E-state index in [9.17, 15) is 9.90 Å². The van der Waals surface area contributed by atoms with Crippen LogP contribution in [-0.2, 0) is 15.1 Å². The second-order valence-corrected chi connectivity index (χ2v) is 8.80. The van der Waals surface area contributed by atoms with Gasteiger partial charge in [0.05, 0.1) is 5.69 Å². The number of allylic oxidation sites excluding steroid dienone is 1. The van der Waals surface area contributed by atoms with Gasteiger partial charge in [-0.05, 0) is 23.8 Å². The van der Waals surface area contributed by atoms with Crippen LogP contribution in [-0.4, -0.2) is 69.1 Å². The number of benzene rings is 1. The van der Waals surface area contributed by atoms with E-state index in [0.29, 0.717) is 35.9 Å². The van der Waals surface area contributed by atoms with Gasteiger partial charge in [0.2, 0.25) is 12.3 Å². The van der Waals surface area contributed by atoms with Crippen molar-refractivity contribution in [2.45, 2.75) is 18.4 Å². The minimum atomic E-state index is -1.49. The largest absolute Gasteiger partial charge is 0.375 e. The number of aliphatic hydroxyl groups is 1. The molecule has 0 aliphatic carbocycles. The number of likely N-dealkylation sites (tertiary alicyclic amines) is 1. The molecule has 10 nitrogen and oxygen atoms in total. The number of anilines is 1. The first-order valence-electron chi connectivity index (χ1n) is 10.6. The molecule has 0 spiro atoms. The zero-order valence-electron chi connectivity index (χ0n) is 18.6. The van der Waals surface area contributed by atoms with Gasteiger partial charge in [0.1, 0.15) is 10.7 Å². The molecule has 1 unspecified atom stereocenters. The Bertz CT molecular complexity index is 1280. The highest BCUT2D eigenvalue weighted by molar-refractivity contribution is 7.13. The first-order valence-corrected chi connectivity index (χ1v) is 11.5. The van der Waals surface area contributed by atoms with Crippen LogP contribution in [0.5, 0.6) is 0 Å². The Hall–Kier alpha value is -3.67. The second-order valence-electron chi connectivity index (χ2n) is 7.94. The Morgan fingerprint density at radius 2 is 2.15 bits per heavy atom. The quantitative estimate of drug-likeness (QED) is 0.556. The van der Waals surface area contributed by atoms with Crippen LogP contribution in [0.25, 0.3) is 22.0 Å². The number of hydrazine groups is 1. The van der Waals surface area contributed by atoms with Crippen molar-refractivity contribution in [3.8, 4) is 22.0 Å². The van der Waals surface area contributed by atoms with Gasteiger partial charge in [0.25, 0.3) is 5.91 Å². The van der Waals surface area contributed by atoms with Crippen molar-refractivity contribution in [2.75, 3.05) is 26.1 Å². The molecule has 174 valence electrons. The highest BCUT2D eigenvalue weighted by atomic mass is 32.1. The number of hydrogen-bond donors (Lipinski definition) is 2. The molecule has 1 aromatic carbocycles. The van der Waals surface area contributed by atoms with Crippen LogP contribution in [0.3, 0.4) is 0 Å². The molecule has 2 aliphatic rings. The summed E-state index contributed by atoms with van der Waals surface area (Å²) in [5.41, 5.74) is 4.34. The van der Waals surface area contributed by atoms with E-state index in [1.807, 2.05) is 23.6 Å². The van der Waals surface area contributed by atoms with Crippen LogP contribution in [0.1, 0.15) is 12.0 Å². The van der Waals surface area contributed by atoms with Crippen molar-refractivity contribution in [3.63, 3.8) is 0 Å². The number of carbonyl (C=O) groups excluding carboxylic acids is 1. The molecule has 11 heteroatoms. The maximum absolute atomic E-state index is 12.5. The lowest BCUT2D eigenvalue weighted by molar-refractivity contribution is -0.143. The summed E-state index contributed by atoms with van der Waals surface area (Å²) in [5, 5.41) is 15.3. The summed E-state index contributed by atoms with van der Waals surface area (Å²) in [6, 6.07) is 9.15. The van der Waals surface area contributed by atoms with E-state index in [0.717, 1.165) is 10.6 Å². The Morgan fingerprint density at radius 1 is 1.26 bits per heavy atom. The topological polar surface area (TPSA) is 116 Å². The van der Waals surface area contributed by atoms with E-state index in [4.69, 9.17) is 9.72 Å². The molecule has 2 atom stereocenters. The van der Waals surface area contributed by atoms with Crippen molar-refractivity contribution < 1.29 is 14.6 Å². The summed E-state index contributed by atoms with van der Waals surface area (Å²) in [5.74, 6) is 0.0966. The number of carbonyl (C=O) groups is 1. The molecule has 2 aromatic heterocycles. The number of aliphatic imine (C=N–C) groups is 1. The fourth-order valence-electron chi connectivity index (χ4n) is 3.89. The van der Waals surface area contributed by atoms with E-state index < -0.39 is 12.0 Å². The Morgan fingerprint density at radius 3 is 2.94 bits per heavy atom. The van der Waals surface area contributed by atoms with Crippen molar-refractivity contribution >= 4 is 29.4 Å². The molecule has 1 fully saturated rings. The molecule has 5 rings (SSSR count). The van der Waals surface area contributed by atoms with Crippen molar-refractivity contribution in [1.29, 1.82) is 0 Å². The summed E-state index contributed by atoms with van der Waals surface area (Å²) in [7, 11) is 3.27. The number of methoxy groups -OCH3 is 1. The van der Waals surface area contributed by atoms with Crippen LogP contribution >= 0.6 is 11.3 Å². The van der Waals surface area contributed by atoms with E-state index in [-0.39, 0.29) is 5.91 Å². The second kappa shape index (κ2) is 8.93. The minimum absolute atomic E-state index is 0.282. The monoisotopic (exact) mass is 477 g/mol. The predicted molar refractivity (Wildman–Crippen MR) is 129 cm³/mol. The molecule has 34 heavy (non-hydrogen) atoms. The molecule has 4 heterocycles. The summed E-state index contributed by atoms with van der Waals surface area (Å²) >= 11 is 1.46. The van der Waals surface area contributed by atoms with Gasteiger partial charge in [-0.1, -0.05) is 18.2 Å². The maximum Gasteiger partial charge on any atom is 0.258 e.